The Hall–Kier alpha value is -1.44. The summed E-state index contributed by atoms with van der Waals surface area (Å²) in [5.74, 6) is -0.150. The molecule has 0 aliphatic rings. The summed E-state index contributed by atoms with van der Waals surface area (Å²) in [5.41, 5.74) is 1.56. The minimum absolute atomic E-state index is 0.150. The summed E-state index contributed by atoms with van der Waals surface area (Å²) < 4.78 is 2.56. The Morgan fingerprint density at radius 3 is 3.10 bits per heavy atom. The molecule has 3 rings (SSSR count). The molecule has 0 aliphatic heterocycles. The molecule has 8 heteroatoms. The molecule has 0 saturated carbocycles. The molecule has 1 aromatic carbocycles. The lowest BCUT2D eigenvalue weighted by molar-refractivity contribution is 0.0954. The van der Waals surface area contributed by atoms with E-state index in [2.05, 4.69) is 31.3 Å². The molecule has 5 nitrogen and oxygen atoms in total. The highest BCUT2D eigenvalue weighted by atomic mass is 79.9. The van der Waals surface area contributed by atoms with Gasteiger partial charge in [0, 0.05) is 33.4 Å². The second kappa shape index (κ2) is 6.13. The van der Waals surface area contributed by atoms with Crippen LogP contribution in [0.1, 0.15) is 16.1 Å². The normalized spacial score (nSPS) is 11.0. The molecule has 0 spiro atoms. The zero-order valence-electron chi connectivity index (χ0n) is 10.7. The van der Waals surface area contributed by atoms with E-state index < -0.39 is 0 Å². The average molecular weight is 386 g/mol. The fourth-order valence-corrected chi connectivity index (χ4v) is 3.63. The van der Waals surface area contributed by atoms with Crippen LogP contribution in [0.4, 0.5) is 0 Å². The minimum atomic E-state index is -0.150. The quantitative estimate of drug-likeness (QED) is 0.750. The number of nitrogens with one attached hydrogen (secondary N) is 1. The molecule has 3 aromatic rings. The van der Waals surface area contributed by atoms with Gasteiger partial charge in [-0.15, -0.1) is 11.3 Å². The van der Waals surface area contributed by atoms with Gasteiger partial charge in [-0.1, -0.05) is 27.5 Å². The topological polar surface area (TPSA) is 59.3 Å². The molecule has 1 N–H and O–H groups in total. The number of amides is 1. The molecule has 0 fully saturated rings. The maximum absolute atomic E-state index is 12.1. The molecule has 1 amide bonds. The second-order valence-corrected chi connectivity index (χ2v) is 6.53. The molecule has 0 atom stereocenters. The molecule has 0 bridgehead atoms. The van der Waals surface area contributed by atoms with E-state index in [0.29, 0.717) is 23.6 Å². The number of rotatable bonds is 4. The van der Waals surface area contributed by atoms with Gasteiger partial charge < -0.3 is 5.32 Å². The lowest BCUT2D eigenvalue weighted by Crippen LogP contribution is -2.26. The van der Waals surface area contributed by atoms with Crippen LogP contribution in [0.15, 0.2) is 34.4 Å². The van der Waals surface area contributed by atoms with E-state index in [0.717, 1.165) is 15.1 Å². The van der Waals surface area contributed by atoms with Gasteiger partial charge in [0.25, 0.3) is 5.91 Å². The van der Waals surface area contributed by atoms with Gasteiger partial charge >= 0.3 is 0 Å². The van der Waals surface area contributed by atoms with Gasteiger partial charge in [-0.2, -0.15) is 5.10 Å². The van der Waals surface area contributed by atoms with Crippen molar-refractivity contribution in [2.24, 2.45) is 0 Å². The standard InChI is InChI=1S/C13H10BrClN4OS/c14-9-3-8(4-10(15)5-9)12(20)16-2-1-11-6-21-13-17-7-18-19(11)13/h3-7H,1-2H2,(H,16,20). The molecule has 0 saturated heterocycles. The molecule has 0 radical (unpaired) electrons. The Morgan fingerprint density at radius 1 is 1.43 bits per heavy atom. The first-order valence-electron chi connectivity index (χ1n) is 6.14. The molecule has 0 aliphatic carbocycles. The Morgan fingerprint density at radius 2 is 2.29 bits per heavy atom. The number of thiazole rings is 1. The van der Waals surface area contributed by atoms with Crippen LogP contribution in [0.25, 0.3) is 4.96 Å². The van der Waals surface area contributed by atoms with Gasteiger partial charge in [0.2, 0.25) is 4.96 Å². The molecular formula is C13H10BrClN4OS. The summed E-state index contributed by atoms with van der Waals surface area (Å²) in [7, 11) is 0. The highest BCUT2D eigenvalue weighted by Gasteiger charge is 2.09. The first kappa shape index (κ1) is 14.5. The van der Waals surface area contributed by atoms with Gasteiger partial charge in [0.05, 0.1) is 5.69 Å². The van der Waals surface area contributed by atoms with Crippen LogP contribution < -0.4 is 5.32 Å². The third kappa shape index (κ3) is 3.25. The predicted molar refractivity (Wildman–Crippen MR) is 86.1 cm³/mol. The van der Waals surface area contributed by atoms with Crippen molar-refractivity contribution in [2.75, 3.05) is 6.54 Å². The van der Waals surface area contributed by atoms with Crippen LogP contribution in [-0.2, 0) is 6.42 Å². The highest BCUT2D eigenvalue weighted by Crippen LogP contribution is 2.19. The van der Waals surface area contributed by atoms with E-state index in [1.807, 2.05) is 5.38 Å². The fraction of sp³-hybridized carbons (Fsp3) is 0.154. The van der Waals surface area contributed by atoms with E-state index in [1.165, 1.54) is 17.7 Å². The summed E-state index contributed by atoms with van der Waals surface area (Å²) in [6, 6.07) is 5.12. The molecule has 108 valence electrons. The van der Waals surface area contributed by atoms with Crippen molar-refractivity contribution in [1.29, 1.82) is 0 Å². The third-order valence-corrected chi connectivity index (χ3v) is 4.44. The lowest BCUT2D eigenvalue weighted by atomic mass is 10.2. The number of hydrogen-bond acceptors (Lipinski definition) is 4. The predicted octanol–water partition coefficient (Wildman–Crippen LogP) is 3.18. The second-order valence-electron chi connectivity index (χ2n) is 4.35. The summed E-state index contributed by atoms with van der Waals surface area (Å²) in [4.78, 5) is 17.0. The third-order valence-electron chi connectivity index (χ3n) is 2.88. The van der Waals surface area contributed by atoms with E-state index in [-0.39, 0.29) is 5.91 Å². The Kier molecular flexibility index (Phi) is 4.23. The Bertz CT molecular complexity index is 780. The number of hydrogen-bond donors (Lipinski definition) is 1. The maximum Gasteiger partial charge on any atom is 0.251 e. The smallest absolute Gasteiger partial charge is 0.251 e. The molecule has 0 unspecified atom stereocenters. The summed E-state index contributed by atoms with van der Waals surface area (Å²) >= 11 is 10.8. The van der Waals surface area contributed by atoms with Crippen molar-refractivity contribution in [1.82, 2.24) is 19.9 Å². The highest BCUT2D eigenvalue weighted by molar-refractivity contribution is 9.10. The van der Waals surface area contributed by atoms with Gasteiger partial charge in [-0.05, 0) is 18.2 Å². The van der Waals surface area contributed by atoms with Crippen LogP contribution in [0, 0.1) is 0 Å². The van der Waals surface area contributed by atoms with Gasteiger partial charge in [0.1, 0.15) is 6.33 Å². The Balaban J connectivity index is 1.62. The molecule has 21 heavy (non-hydrogen) atoms. The van der Waals surface area contributed by atoms with Crippen LogP contribution in [0.5, 0.6) is 0 Å². The minimum Gasteiger partial charge on any atom is -0.352 e. The number of carbonyl (C=O) groups excluding carboxylic acids is 1. The number of carbonyl (C=O) groups is 1. The SMILES string of the molecule is O=C(NCCc1csc2ncnn12)c1cc(Cl)cc(Br)c1. The van der Waals surface area contributed by atoms with Crippen molar-refractivity contribution in [3.05, 3.63) is 50.7 Å². The molecular weight excluding hydrogens is 376 g/mol. The van der Waals surface area contributed by atoms with Crippen molar-refractivity contribution in [3.8, 4) is 0 Å². The van der Waals surface area contributed by atoms with Crippen LogP contribution in [0.3, 0.4) is 0 Å². The van der Waals surface area contributed by atoms with Crippen molar-refractivity contribution < 1.29 is 4.79 Å². The monoisotopic (exact) mass is 384 g/mol. The number of fused-ring (bicyclic) bond motifs is 1. The summed E-state index contributed by atoms with van der Waals surface area (Å²) in [6.07, 6.45) is 2.22. The largest absolute Gasteiger partial charge is 0.352 e. The first-order valence-corrected chi connectivity index (χ1v) is 8.19. The number of nitrogens with zero attached hydrogens (tertiary/aromatic N) is 3. The van der Waals surface area contributed by atoms with Crippen molar-refractivity contribution in [3.63, 3.8) is 0 Å². The van der Waals surface area contributed by atoms with E-state index in [4.69, 9.17) is 11.6 Å². The van der Waals surface area contributed by atoms with E-state index in [9.17, 15) is 4.79 Å². The van der Waals surface area contributed by atoms with Crippen LogP contribution in [-0.4, -0.2) is 27.0 Å². The van der Waals surface area contributed by atoms with Crippen molar-refractivity contribution >= 4 is 49.7 Å². The first-order chi connectivity index (χ1) is 10.1. The van der Waals surface area contributed by atoms with Crippen molar-refractivity contribution in [2.45, 2.75) is 6.42 Å². The average Bonchev–Trinajstić information content (AvgIpc) is 3.02. The van der Waals surface area contributed by atoms with E-state index in [1.54, 1.807) is 22.7 Å². The van der Waals surface area contributed by atoms with E-state index >= 15 is 0 Å². The summed E-state index contributed by atoms with van der Waals surface area (Å²) in [5, 5.41) is 9.53. The van der Waals surface area contributed by atoms with Gasteiger partial charge in [0.15, 0.2) is 0 Å². The molecule has 2 heterocycles. The number of halogens is 2. The van der Waals surface area contributed by atoms with Crippen LogP contribution >= 0.6 is 38.9 Å². The van der Waals surface area contributed by atoms with Gasteiger partial charge in [-0.25, -0.2) is 9.50 Å². The summed E-state index contributed by atoms with van der Waals surface area (Å²) in [6.45, 7) is 0.522. The zero-order chi connectivity index (χ0) is 14.8. The molecule has 2 aromatic heterocycles. The lowest BCUT2D eigenvalue weighted by Gasteiger charge is -2.05. The Labute approximate surface area is 138 Å². The van der Waals surface area contributed by atoms with Gasteiger partial charge in [-0.3, -0.25) is 4.79 Å². The fourth-order valence-electron chi connectivity index (χ4n) is 1.93. The van der Waals surface area contributed by atoms with Crippen LogP contribution in [0.2, 0.25) is 5.02 Å². The number of aromatic nitrogens is 3. The zero-order valence-corrected chi connectivity index (χ0v) is 13.9. The number of benzene rings is 1. The maximum atomic E-state index is 12.1.